The number of halogens is 1. The molecule has 1 aromatic carbocycles. The van der Waals surface area contributed by atoms with Crippen LogP contribution in [-0.2, 0) is 6.42 Å². The summed E-state index contributed by atoms with van der Waals surface area (Å²) in [7, 11) is 0. The van der Waals surface area contributed by atoms with E-state index in [4.69, 9.17) is 0 Å². The summed E-state index contributed by atoms with van der Waals surface area (Å²) in [4.78, 5) is 15.0. The summed E-state index contributed by atoms with van der Waals surface area (Å²) >= 11 is 3.46. The van der Waals surface area contributed by atoms with Gasteiger partial charge in [-0.2, -0.15) is 0 Å². The van der Waals surface area contributed by atoms with Crippen LogP contribution in [0.5, 0.6) is 0 Å². The number of benzene rings is 1. The lowest BCUT2D eigenvalue weighted by atomic mass is 10.0. The number of para-hydroxylation sites is 1. The number of aromatic amines is 1. The SMILES string of the molecule is O=c1[nH]c2c(Br)cccc2cc1CC1CCCN1. The van der Waals surface area contributed by atoms with Crippen LogP contribution in [-0.4, -0.2) is 17.6 Å². The van der Waals surface area contributed by atoms with Crippen LogP contribution in [0.15, 0.2) is 33.5 Å². The van der Waals surface area contributed by atoms with Gasteiger partial charge in [-0.1, -0.05) is 12.1 Å². The Kier molecular flexibility index (Phi) is 3.22. The van der Waals surface area contributed by atoms with E-state index in [0.717, 1.165) is 40.3 Å². The number of rotatable bonds is 2. The molecule has 3 nitrogen and oxygen atoms in total. The molecule has 0 aliphatic carbocycles. The second kappa shape index (κ2) is 4.86. The van der Waals surface area contributed by atoms with Crippen LogP contribution in [0.1, 0.15) is 18.4 Å². The number of hydrogen-bond acceptors (Lipinski definition) is 2. The third-order valence-corrected chi connectivity index (χ3v) is 4.20. The zero-order valence-electron chi connectivity index (χ0n) is 10.0. The Morgan fingerprint density at radius 2 is 2.28 bits per heavy atom. The van der Waals surface area contributed by atoms with E-state index >= 15 is 0 Å². The Morgan fingerprint density at radius 3 is 3.06 bits per heavy atom. The fraction of sp³-hybridized carbons (Fsp3) is 0.357. The predicted octanol–water partition coefficient (Wildman–Crippen LogP) is 2.59. The first-order valence-corrected chi connectivity index (χ1v) is 7.07. The monoisotopic (exact) mass is 306 g/mol. The Hall–Kier alpha value is -1.13. The zero-order valence-corrected chi connectivity index (χ0v) is 11.6. The van der Waals surface area contributed by atoms with Gasteiger partial charge < -0.3 is 10.3 Å². The van der Waals surface area contributed by atoms with Gasteiger partial charge in [0.05, 0.1) is 5.52 Å². The average molecular weight is 307 g/mol. The van der Waals surface area contributed by atoms with Crippen molar-refractivity contribution in [1.29, 1.82) is 0 Å². The maximum absolute atomic E-state index is 12.1. The van der Waals surface area contributed by atoms with E-state index in [1.807, 2.05) is 24.3 Å². The van der Waals surface area contributed by atoms with Crippen LogP contribution in [0, 0.1) is 0 Å². The third-order valence-electron chi connectivity index (χ3n) is 3.53. The molecule has 2 aromatic rings. The topological polar surface area (TPSA) is 44.9 Å². The molecule has 1 aliphatic rings. The average Bonchev–Trinajstić information content (AvgIpc) is 2.84. The molecule has 1 unspecified atom stereocenters. The lowest BCUT2D eigenvalue weighted by Gasteiger charge is -2.10. The van der Waals surface area contributed by atoms with Crippen LogP contribution < -0.4 is 10.9 Å². The predicted molar refractivity (Wildman–Crippen MR) is 77.0 cm³/mol. The second-order valence-corrected chi connectivity index (χ2v) is 5.68. The molecule has 1 aromatic heterocycles. The van der Waals surface area contributed by atoms with Crippen molar-refractivity contribution in [2.75, 3.05) is 6.54 Å². The Bertz CT molecular complexity index is 629. The lowest BCUT2D eigenvalue weighted by molar-refractivity contribution is 0.600. The highest BCUT2D eigenvalue weighted by Crippen LogP contribution is 2.21. The standard InChI is InChI=1S/C14H15BrN2O/c15-12-5-1-3-9-7-10(14(18)17-13(9)12)8-11-4-2-6-16-11/h1,3,5,7,11,16H,2,4,6,8H2,(H,17,18). The molecule has 0 amide bonds. The van der Waals surface area contributed by atoms with Crippen LogP contribution in [0.25, 0.3) is 10.9 Å². The van der Waals surface area contributed by atoms with Gasteiger partial charge in [-0.05, 0) is 59.3 Å². The summed E-state index contributed by atoms with van der Waals surface area (Å²) < 4.78 is 0.933. The van der Waals surface area contributed by atoms with Crippen molar-refractivity contribution >= 4 is 26.8 Å². The third kappa shape index (κ3) is 2.22. The van der Waals surface area contributed by atoms with Crippen LogP contribution in [0.3, 0.4) is 0 Å². The normalized spacial score (nSPS) is 19.5. The minimum absolute atomic E-state index is 0.0306. The fourth-order valence-electron chi connectivity index (χ4n) is 2.59. The van der Waals surface area contributed by atoms with Gasteiger partial charge in [0.25, 0.3) is 5.56 Å². The molecule has 18 heavy (non-hydrogen) atoms. The van der Waals surface area contributed by atoms with E-state index in [2.05, 4.69) is 26.2 Å². The molecular weight excluding hydrogens is 292 g/mol. The number of hydrogen-bond donors (Lipinski definition) is 2. The minimum Gasteiger partial charge on any atom is -0.321 e. The lowest BCUT2D eigenvalue weighted by Crippen LogP contribution is -2.27. The minimum atomic E-state index is 0.0306. The van der Waals surface area contributed by atoms with Crippen molar-refractivity contribution in [3.63, 3.8) is 0 Å². The maximum atomic E-state index is 12.1. The van der Waals surface area contributed by atoms with Gasteiger partial charge in [-0.25, -0.2) is 0 Å². The first-order valence-electron chi connectivity index (χ1n) is 6.28. The zero-order chi connectivity index (χ0) is 12.5. The molecular formula is C14H15BrN2O. The smallest absolute Gasteiger partial charge is 0.251 e. The van der Waals surface area contributed by atoms with Crippen LogP contribution in [0.4, 0.5) is 0 Å². The first-order chi connectivity index (χ1) is 8.74. The summed E-state index contributed by atoms with van der Waals surface area (Å²) in [6.07, 6.45) is 3.19. The summed E-state index contributed by atoms with van der Waals surface area (Å²) in [6, 6.07) is 8.43. The van der Waals surface area contributed by atoms with Crippen LogP contribution in [0.2, 0.25) is 0 Å². The molecule has 2 heterocycles. The van der Waals surface area contributed by atoms with E-state index in [-0.39, 0.29) is 5.56 Å². The number of nitrogens with one attached hydrogen (secondary N) is 2. The summed E-state index contributed by atoms with van der Waals surface area (Å²) in [5.41, 5.74) is 1.79. The molecule has 2 N–H and O–H groups in total. The van der Waals surface area contributed by atoms with E-state index in [1.165, 1.54) is 6.42 Å². The van der Waals surface area contributed by atoms with E-state index in [1.54, 1.807) is 0 Å². The molecule has 1 fully saturated rings. The maximum Gasteiger partial charge on any atom is 0.251 e. The van der Waals surface area contributed by atoms with Gasteiger partial charge >= 0.3 is 0 Å². The number of H-pyrrole nitrogens is 1. The van der Waals surface area contributed by atoms with Crippen molar-refractivity contribution in [2.45, 2.75) is 25.3 Å². The second-order valence-electron chi connectivity index (χ2n) is 4.83. The van der Waals surface area contributed by atoms with Gasteiger partial charge in [0.1, 0.15) is 0 Å². The molecule has 0 radical (unpaired) electrons. The highest BCUT2D eigenvalue weighted by Gasteiger charge is 2.16. The number of aromatic nitrogens is 1. The highest BCUT2D eigenvalue weighted by atomic mass is 79.9. The van der Waals surface area contributed by atoms with E-state index < -0.39 is 0 Å². The largest absolute Gasteiger partial charge is 0.321 e. The Balaban J connectivity index is 2.02. The van der Waals surface area contributed by atoms with Crippen molar-refractivity contribution < 1.29 is 0 Å². The molecule has 1 aliphatic heterocycles. The van der Waals surface area contributed by atoms with Crippen molar-refractivity contribution in [2.24, 2.45) is 0 Å². The highest BCUT2D eigenvalue weighted by molar-refractivity contribution is 9.10. The molecule has 0 bridgehead atoms. The van der Waals surface area contributed by atoms with Crippen LogP contribution >= 0.6 is 15.9 Å². The molecule has 94 valence electrons. The van der Waals surface area contributed by atoms with E-state index in [0.29, 0.717) is 6.04 Å². The van der Waals surface area contributed by atoms with Gasteiger partial charge in [-0.3, -0.25) is 4.79 Å². The fourth-order valence-corrected chi connectivity index (χ4v) is 3.07. The molecule has 4 heteroatoms. The van der Waals surface area contributed by atoms with Crippen molar-refractivity contribution in [3.8, 4) is 0 Å². The molecule has 1 saturated heterocycles. The van der Waals surface area contributed by atoms with Gasteiger partial charge in [0.15, 0.2) is 0 Å². The molecule has 3 rings (SSSR count). The Morgan fingerprint density at radius 1 is 1.39 bits per heavy atom. The number of pyridine rings is 1. The van der Waals surface area contributed by atoms with Gasteiger partial charge in [0.2, 0.25) is 0 Å². The molecule has 1 atom stereocenters. The summed E-state index contributed by atoms with van der Waals surface area (Å²) in [6.45, 7) is 1.07. The summed E-state index contributed by atoms with van der Waals surface area (Å²) in [5, 5.41) is 4.51. The molecule has 0 spiro atoms. The quantitative estimate of drug-likeness (QED) is 0.896. The van der Waals surface area contributed by atoms with Crippen molar-refractivity contribution in [1.82, 2.24) is 10.3 Å². The van der Waals surface area contributed by atoms with Crippen molar-refractivity contribution in [3.05, 3.63) is 44.7 Å². The van der Waals surface area contributed by atoms with Gasteiger partial charge in [-0.15, -0.1) is 0 Å². The van der Waals surface area contributed by atoms with Gasteiger partial charge in [0, 0.05) is 16.1 Å². The molecule has 0 saturated carbocycles. The number of fused-ring (bicyclic) bond motifs is 1. The summed E-state index contributed by atoms with van der Waals surface area (Å²) in [5.74, 6) is 0. The first kappa shape index (κ1) is 11.9. The Labute approximate surface area is 114 Å². The van der Waals surface area contributed by atoms with E-state index in [9.17, 15) is 4.79 Å².